The first kappa shape index (κ1) is 12.2. The van der Waals surface area contributed by atoms with Crippen LogP contribution in [0.25, 0.3) is 5.69 Å². The van der Waals surface area contributed by atoms with Crippen LogP contribution in [0.5, 0.6) is 0 Å². The number of para-hydroxylation sites is 1. The third kappa shape index (κ3) is 2.59. The van der Waals surface area contributed by atoms with Crippen molar-refractivity contribution in [3.05, 3.63) is 54.5 Å². The average Bonchev–Trinajstić information content (AvgIpc) is 2.87. The van der Waals surface area contributed by atoms with Gasteiger partial charge in [-0.1, -0.05) is 18.2 Å². The van der Waals surface area contributed by atoms with Gasteiger partial charge >= 0.3 is 0 Å². The van der Waals surface area contributed by atoms with Crippen molar-refractivity contribution in [2.75, 3.05) is 11.1 Å². The van der Waals surface area contributed by atoms with Crippen LogP contribution in [0.3, 0.4) is 0 Å². The molecular formula is C14H14N6. The van der Waals surface area contributed by atoms with E-state index in [9.17, 15) is 0 Å². The van der Waals surface area contributed by atoms with Gasteiger partial charge in [-0.25, -0.2) is 9.67 Å². The minimum Gasteiger partial charge on any atom is -0.399 e. The lowest BCUT2D eigenvalue weighted by molar-refractivity contribution is 0.881. The van der Waals surface area contributed by atoms with E-state index in [2.05, 4.69) is 20.4 Å². The van der Waals surface area contributed by atoms with E-state index in [-0.39, 0.29) is 0 Å². The molecule has 0 atom stereocenters. The Morgan fingerprint density at radius 2 is 1.95 bits per heavy atom. The molecule has 3 rings (SSSR count). The lowest BCUT2D eigenvalue weighted by atomic mass is 10.3. The van der Waals surface area contributed by atoms with Gasteiger partial charge in [-0.3, -0.25) is 0 Å². The molecule has 0 amide bonds. The van der Waals surface area contributed by atoms with Crippen LogP contribution in [0.1, 0.15) is 5.69 Å². The zero-order valence-corrected chi connectivity index (χ0v) is 11.0. The summed E-state index contributed by atoms with van der Waals surface area (Å²) in [5.74, 6) is 1.11. The number of nitrogen functional groups attached to an aromatic ring is 1. The molecule has 3 N–H and O–H groups in total. The third-order valence-electron chi connectivity index (χ3n) is 2.73. The molecule has 0 saturated heterocycles. The summed E-state index contributed by atoms with van der Waals surface area (Å²) in [7, 11) is 0. The molecule has 0 saturated carbocycles. The summed E-state index contributed by atoms with van der Waals surface area (Å²) in [6, 6.07) is 13.3. The molecule has 1 aromatic carbocycles. The molecule has 0 fully saturated rings. The molecule has 0 aliphatic rings. The van der Waals surface area contributed by atoms with E-state index in [0.717, 1.165) is 11.4 Å². The highest BCUT2D eigenvalue weighted by molar-refractivity contribution is 5.55. The van der Waals surface area contributed by atoms with Gasteiger partial charge in [-0.05, 0) is 25.1 Å². The summed E-state index contributed by atoms with van der Waals surface area (Å²) >= 11 is 0. The van der Waals surface area contributed by atoms with E-state index < -0.39 is 0 Å². The number of nitrogens with zero attached hydrogens (tertiary/aromatic N) is 4. The number of hydrogen-bond donors (Lipinski definition) is 2. The van der Waals surface area contributed by atoms with Crippen LogP contribution < -0.4 is 11.1 Å². The predicted molar refractivity (Wildman–Crippen MR) is 78.0 cm³/mol. The number of anilines is 3. The molecule has 100 valence electrons. The molecule has 3 aromatic rings. The van der Waals surface area contributed by atoms with Crippen LogP contribution in [-0.4, -0.2) is 19.7 Å². The Labute approximate surface area is 116 Å². The molecule has 6 nitrogen and oxygen atoms in total. The Morgan fingerprint density at radius 1 is 1.15 bits per heavy atom. The number of aromatic nitrogens is 4. The van der Waals surface area contributed by atoms with Crippen LogP contribution in [0.2, 0.25) is 0 Å². The van der Waals surface area contributed by atoms with E-state index in [1.54, 1.807) is 23.1 Å². The van der Waals surface area contributed by atoms with Crippen LogP contribution >= 0.6 is 0 Å². The fourth-order valence-electron chi connectivity index (χ4n) is 1.90. The Morgan fingerprint density at radius 3 is 2.70 bits per heavy atom. The van der Waals surface area contributed by atoms with Crippen molar-refractivity contribution in [1.82, 2.24) is 19.7 Å². The Hall–Kier alpha value is -2.89. The SMILES string of the molecule is Cc1cc(N)cc(Nc2ncn(-c3ccccc3)n2)n1. The Kier molecular flexibility index (Phi) is 3.04. The number of aryl methyl sites for hydroxylation is 1. The lowest BCUT2D eigenvalue weighted by Crippen LogP contribution is -2.00. The summed E-state index contributed by atoms with van der Waals surface area (Å²) in [5, 5.41) is 7.39. The standard InChI is InChI=1S/C14H14N6/c1-10-7-11(15)8-13(17-10)18-14-16-9-20(19-14)12-5-3-2-4-6-12/h2-9H,1H3,(H3,15,17,18,19). The van der Waals surface area contributed by atoms with Crippen molar-refractivity contribution in [3.8, 4) is 5.69 Å². The quantitative estimate of drug-likeness (QED) is 0.760. The smallest absolute Gasteiger partial charge is 0.248 e. The van der Waals surface area contributed by atoms with Gasteiger partial charge in [0, 0.05) is 17.4 Å². The molecule has 2 heterocycles. The van der Waals surface area contributed by atoms with Gasteiger partial charge in [0.2, 0.25) is 5.95 Å². The zero-order valence-electron chi connectivity index (χ0n) is 11.0. The fourth-order valence-corrected chi connectivity index (χ4v) is 1.90. The highest BCUT2D eigenvalue weighted by atomic mass is 15.4. The minimum absolute atomic E-state index is 0.478. The number of nitrogens with two attached hydrogens (primary N) is 1. The van der Waals surface area contributed by atoms with Crippen molar-refractivity contribution in [2.45, 2.75) is 6.92 Å². The van der Waals surface area contributed by atoms with Gasteiger partial charge in [0.1, 0.15) is 12.1 Å². The largest absolute Gasteiger partial charge is 0.399 e. The zero-order chi connectivity index (χ0) is 13.9. The number of hydrogen-bond acceptors (Lipinski definition) is 5. The van der Waals surface area contributed by atoms with Gasteiger partial charge in [-0.2, -0.15) is 4.98 Å². The van der Waals surface area contributed by atoms with Crippen molar-refractivity contribution in [1.29, 1.82) is 0 Å². The second kappa shape index (κ2) is 5.00. The summed E-state index contributed by atoms with van der Waals surface area (Å²) < 4.78 is 1.70. The fraction of sp³-hybridized carbons (Fsp3) is 0.0714. The number of benzene rings is 1. The van der Waals surface area contributed by atoms with Gasteiger partial charge in [0.05, 0.1) is 5.69 Å². The molecule has 0 unspecified atom stereocenters. The highest BCUT2D eigenvalue weighted by Crippen LogP contribution is 2.15. The minimum atomic E-state index is 0.478. The maximum atomic E-state index is 5.78. The molecule has 6 heteroatoms. The Bertz CT molecular complexity index is 699. The molecule has 2 aromatic heterocycles. The van der Waals surface area contributed by atoms with Crippen molar-refractivity contribution >= 4 is 17.5 Å². The van der Waals surface area contributed by atoms with Crippen molar-refractivity contribution in [3.63, 3.8) is 0 Å². The van der Waals surface area contributed by atoms with Crippen molar-refractivity contribution in [2.24, 2.45) is 0 Å². The first-order valence-electron chi connectivity index (χ1n) is 6.19. The molecule has 0 aliphatic carbocycles. The number of rotatable bonds is 3. The number of pyridine rings is 1. The monoisotopic (exact) mass is 266 g/mol. The molecule has 0 radical (unpaired) electrons. The maximum absolute atomic E-state index is 5.78. The topological polar surface area (TPSA) is 81.6 Å². The first-order valence-corrected chi connectivity index (χ1v) is 6.19. The first-order chi connectivity index (χ1) is 9.70. The lowest BCUT2D eigenvalue weighted by Gasteiger charge is -2.03. The predicted octanol–water partition coefficient (Wildman–Crippen LogP) is 2.30. The third-order valence-corrected chi connectivity index (χ3v) is 2.73. The van der Waals surface area contributed by atoms with E-state index in [1.807, 2.05) is 37.3 Å². The second-order valence-corrected chi connectivity index (χ2v) is 4.40. The Balaban J connectivity index is 1.84. The molecular weight excluding hydrogens is 252 g/mol. The molecule has 20 heavy (non-hydrogen) atoms. The van der Waals surface area contributed by atoms with Crippen LogP contribution in [0, 0.1) is 6.92 Å². The molecule has 0 spiro atoms. The van der Waals surface area contributed by atoms with Crippen LogP contribution in [-0.2, 0) is 0 Å². The summed E-state index contributed by atoms with van der Waals surface area (Å²) in [6.45, 7) is 1.89. The van der Waals surface area contributed by atoms with Gasteiger partial charge < -0.3 is 11.1 Å². The van der Waals surface area contributed by atoms with Crippen LogP contribution in [0.15, 0.2) is 48.8 Å². The highest BCUT2D eigenvalue weighted by Gasteiger charge is 2.04. The van der Waals surface area contributed by atoms with Gasteiger partial charge in [0.25, 0.3) is 0 Å². The average molecular weight is 266 g/mol. The van der Waals surface area contributed by atoms with E-state index in [0.29, 0.717) is 17.5 Å². The molecule has 0 aliphatic heterocycles. The van der Waals surface area contributed by atoms with Gasteiger partial charge in [0.15, 0.2) is 0 Å². The van der Waals surface area contributed by atoms with E-state index in [4.69, 9.17) is 5.73 Å². The van der Waals surface area contributed by atoms with E-state index in [1.165, 1.54) is 0 Å². The molecule has 0 bridgehead atoms. The number of nitrogens with one attached hydrogen (secondary N) is 1. The summed E-state index contributed by atoms with van der Waals surface area (Å²) in [6.07, 6.45) is 1.65. The summed E-state index contributed by atoms with van der Waals surface area (Å²) in [4.78, 5) is 8.54. The van der Waals surface area contributed by atoms with Crippen LogP contribution in [0.4, 0.5) is 17.5 Å². The second-order valence-electron chi connectivity index (χ2n) is 4.40. The van der Waals surface area contributed by atoms with E-state index >= 15 is 0 Å². The van der Waals surface area contributed by atoms with Crippen molar-refractivity contribution < 1.29 is 0 Å². The summed E-state index contributed by atoms with van der Waals surface area (Å²) in [5.41, 5.74) is 8.23. The van der Waals surface area contributed by atoms with Gasteiger partial charge in [-0.15, -0.1) is 5.10 Å². The normalized spacial score (nSPS) is 10.4. The maximum Gasteiger partial charge on any atom is 0.248 e.